The summed E-state index contributed by atoms with van der Waals surface area (Å²) in [6, 6.07) is 11.2. The molecule has 1 heterocycles. The summed E-state index contributed by atoms with van der Waals surface area (Å²) in [5.41, 5.74) is 3.37. The Morgan fingerprint density at radius 2 is 1.74 bits per heavy atom. The van der Waals surface area contributed by atoms with Gasteiger partial charge in [0.15, 0.2) is 0 Å². The maximum absolute atomic E-state index is 12.5. The normalized spacial score (nSPS) is 10.8. The van der Waals surface area contributed by atoms with Crippen LogP contribution >= 0.6 is 0 Å². The third-order valence-corrected chi connectivity index (χ3v) is 4.00. The lowest BCUT2D eigenvalue weighted by Crippen LogP contribution is -2.07. The van der Waals surface area contributed by atoms with Crippen LogP contribution in [0.4, 0.5) is 0 Å². The molecule has 0 unspecified atom stereocenters. The summed E-state index contributed by atoms with van der Waals surface area (Å²) in [6.45, 7) is 3.89. The fraction of sp³-hybridized carbons (Fsp3) is 0.211. The van der Waals surface area contributed by atoms with E-state index in [9.17, 15) is 4.79 Å². The lowest BCUT2D eigenvalue weighted by molar-refractivity contribution is 0.395. The minimum Gasteiger partial charge on any atom is -0.497 e. The van der Waals surface area contributed by atoms with Gasteiger partial charge in [-0.1, -0.05) is 12.1 Å². The molecule has 0 atom stereocenters. The SMILES string of the molecule is COc1ccc(-c2c(C)c3ccc(C)cc3oc2=O)c(OC)c1. The summed E-state index contributed by atoms with van der Waals surface area (Å²) >= 11 is 0. The monoisotopic (exact) mass is 310 g/mol. The van der Waals surface area contributed by atoms with Crippen LogP contribution in [-0.2, 0) is 0 Å². The molecule has 0 saturated carbocycles. The standard InChI is InChI=1S/C19H18O4/c1-11-5-7-14-12(2)18(19(20)23-17(14)9-11)15-8-6-13(21-3)10-16(15)22-4/h5-10H,1-4H3. The molecule has 0 amide bonds. The zero-order valence-corrected chi connectivity index (χ0v) is 13.6. The van der Waals surface area contributed by atoms with Gasteiger partial charge in [0, 0.05) is 17.0 Å². The molecular weight excluding hydrogens is 292 g/mol. The lowest BCUT2D eigenvalue weighted by Gasteiger charge is -2.13. The van der Waals surface area contributed by atoms with Crippen molar-refractivity contribution in [1.29, 1.82) is 0 Å². The van der Waals surface area contributed by atoms with Crippen molar-refractivity contribution in [2.45, 2.75) is 13.8 Å². The van der Waals surface area contributed by atoms with Crippen LogP contribution in [0.25, 0.3) is 22.1 Å². The van der Waals surface area contributed by atoms with E-state index in [-0.39, 0.29) is 5.63 Å². The Labute approximate surface area is 134 Å². The molecule has 1 aromatic heterocycles. The molecule has 3 aromatic rings. The molecule has 3 rings (SSSR count). The number of benzene rings is 2. The number of ether oxygens (including phenoxy) is 2. The average Bonchev–Trinajstić information content (AvgIpc) is 2.54. The molecule has 0 fully saturated rings. The molecular formula is C19H18O4. The summed E-state index contributed by atoms with van der Waals surface area (Å²) in [6.07, 6.45) is 0. The molecule has 0 aliphatic rings. The van der Waals surface area contributed by atoms with Gasteiger partial charge in [-0.2, -0.15) is 0 Å². The largest absolute Gasteiger partial charge is 0.497 e. The lowest BCUT2D eigenvalue weighted by atomic mass is 9.98. The van der Waals surface area contributed by atoms with Gasteiger partial charge in [0.2, 0.25) is 0 Å². The van der Waals surface area contributed by atoms with Crippen LogP contribution in [-0.4, -0.2) is 14.2 Å². The van der Waals surface area contributed by atoms with Crippen molar-refractivity contribution in [2.24, 2.45) is 0 Å². The smallest absolute Gasteiger partial charge is 0.344 e. The van der Waals surface area contributed by atoms with Crippen LogP contribution < -0.4 is 15.1 Å². The van der Waals surface area contributed by atoms with Gasteiger partial charge in [0.1, 0.15) is 17.1 Å². The quantitative estimate of drug-likeness (QED) is 0.684. The molecule has 0 radical (unpaired) electrons. The van der Waals surface area contributed by atoms with Crippen LogP contribution in [0.15, 0.2) is 45.6 Å². The molecule has 2 aromatic carbocycles. The highest BCUT2D eigenvalue weighted by molar-refractivity contribution is 5.88. The zero-order valence-electron chi connectivity index (χ0n) is 13.6. The molecule has 0 bridgehead atoms. The van der Waals surface area contributed by atoms with Gasteiger partial charge in [-0.3, -0.25) is 0 Å². The predicted octanol–water partition coefficient (Wildman–Crippen LogP) is 4.09. The summed E-state index contributed by atoms with van der Waals surface area (Å²) in [5, 5.41) is 0.920. The summed E-state index contributed by atoms with van der Waals surface area (Å²) in [4.78, 5) is 12.5. The number of rotatable bonds is 3. The third-order valence-electron chi connectivity index (χ3n) is 4.00. The highest BCUT2D eigenvalue weighted by Crippen LogP contribution is 2.35. The van der Waals surface area contributed by atoms with Gasteiger partial charge in [0.05, 0.1) is 19.8 Å². The number of aryl methyl sites for hydroxylation is 2. The van der Waals surface area contributed by atoms with Crippen molar-refractivity contribution in [3.8, 4) is 22.6 Å². The van der Waals surface area contributed by atoms with Crippen molar-refractivity contribution in [3.05, 3.63) is 57.9 Å². The van der Waals surface area contributed by atoms with E-state index in [4.69, 9.17) is 13.9 Å². The second-order valence-corrected chi connectivity index (χ2v) is 5.46. The van der Waals surface area contributed by atoms with Crippen LogP contribution in [0.1, 0.15) is 11.1 Å². The van der Waals surface area contributed by atoms with Gasteiger partial charge in [-0.05, 0) is 43.2 Å². The van der Waals surface area contributed by atoms with Gasteiger partial charge in [-0.25, -0.2) is 4.79 Å². The van der Waals surface area contributed by atoms with Gasteiger partial charge in [0.25, 0.3) is 0 Å². The molecule has 23 heavy (non-hydrogen) atoms. The molecule has 118 valence electrons. The van der Waals surface area contributed by atoms with Crippen LogP contribution in [0, 0.1) is 13.8 Å². The van der Waals surface area contributed by atoms with Gasteiger partial charge < -0.3 is 13.9 Å². The van der Waals surface area contributed by atoms with E-state index in [0.29, 0.717) is 28.2 Å². The Kier molecular flexibility index (Phi) is 3.82. The highest BCUT2D eigenvalue weighted by atomic mass is 16.5. The van der Waals surface area contributed by atoms with E-state index in [1.807, 2.05) is 38.1 Å². The van der Waals surface area contributed by atoms with Crippen molar-refractivity contribution in [1.82, 2.24) is 0 Å². The van der Waals surface area contributed by atoms with Gasteiger partial charge in [-0.15, -0.1) is 0 Å². The average molecular weight is 310 g/mol. The third kappa shape index (κ3) is 2.57. The minimum absolute atomic E-state index is 0.371. The molecule has 0 N–H and O–H groups in total. The first-order valence-corrected chi connectivity index (χ1v) is 7.31. The fourth-order valence-electron chi connectivity index (χ4n) is 2.78. The van der Waals surface area contributed by atoms with E-state index in [0.717, 1.165) is 16.5 Å². The van der Waals surface area contributed by atoms with E-state index >= 15 is 0 Å². The van der Waals surface area contributed by atoms with E-state index in [1.165, 1.54) is 0 Å². The number of fused-ring (bicyclic) bond motifs is 1. The van der Waals surface area contributed by atoms with Crippen LogP contribution in [0.5, 0.6) is 11.5 Å². The Hall–Kier alpha value is -2.75. The predicted molar refractivity (Wildman–Crippen MR) is 90.5 cm³/mol. The molecule has 0 saturated heterocycles. The first kappa shape index (κ1) is 15.2. The Bertz CT molecular complexity index is 938. The molecule has 0 aliphatic carbocycles. The maximum atomic E-state index is 12.5. The first-order valence-electron chi connectivity index (χ1n) is 7.31. The summed E-state index contributed by atoms with van der Waals surface area (Å²) in [5.74, 6) is 1.25. The molecule has 4 heteroatoms. The van der Waals surface area contributed by atoms with Crippen LogP contribution in [0.2, 0.25) is 0 Å². The second kappa shape index (κ2) is 5.80. The fourth-order valence-corrected chi connectivity index (χ4v) is 2.78. The molecule has 0 aliphatic heterocycles. The zero-order chi connectivity index (χ0) is 16.6. The summed E-state index contributed by atoms with van der Waals surface area (Å²) in [7, 11) is 3.16. The van der Waals surface area contributed by atoms with Crippen molar-refractivity contribution < 1.29 is 13.9 Å². The highest BCUT2D eigenvalue weighted by Gasteiger charge is 2.17. The van der Waals surface area contributed by atoms with Crippen LogP contribution in [0.3, 0.4) is 0 Å². The van der Waals surface area contributed by atoms with Crippen molar-refractivity contribution in [2.75, 3.05) is 14.2 Å². The van der Waals surface area contributed by atoms with Crippen molar-refractivity contribution in [3.63, 3.8) is 0 Å². The second-order valence-electron chi connectivity index (χ2n) is 5.46. The maximum Gasteiger partial charge on any atom is 0.344 e. The van der Waals surface area contributed by atoms with Gasteiger partial charge >= 0.3 is 5.63 Å². The number of hydrogen-bond acceptors (Lipinski definition) is 4. The first-order chi connectivity index (χ1) is 11.0. The number of methoxy groups -OCH3 is 2. The van der Waals surface area contributed by atoms with E-state index in [1.54, 1.807) is 26.4 Å². The Morgan fingerprint density at radius 1 is 0.957 bits per heavy atom. The topological polar surface area (TPSA) is 48.7 Å². The Balaban J connectivity index is 2.32. The van der Waals surface area contributed by atoms with E-state index in [2.05, 4.69) is 0 Å². The summed E-state index contributed by atoms with van der Waals surface area (Å²) < 4.78 is 16.2. The number of hydrogen-bond donors (Lipinski definition) is 0. The molecule has 0 spiro atoms. The minimum atomic E-state index is -0.371. The van der Waals surface area contributed by atoms with E-state index < -0.39 is 0 Å². The Morgan fingerprint density at radius 3 is 2.43 bits per heavy atom. The molecule has 4 nitrogen and oxygen atoms in total. The van der Waals surface area contributed by atoms with Crippen molar-refractivity contribution >= 4 is 11.0 Å².